The predicted molar refractivity (Wildman–Crippen MR) is 297 cm³/mol. The summed E-state index contributed by atoms with van der Waals surface area (Å²) < 4.78 is 22.7. The topological polar surface area (TPSA) is 111 Å². The Balaban J connectivity index is 4.18. The fraction of sp³-hybridized carbons (Fsp3) is 0.887. The normalized spacial score (nSPS) is 12.9. The van der Waals surface area contributed by atoms with Crippen LogP contribution in [0.25, 0.3) is 0 Å². The maximum Gasteiger partial charge on any atom is 0.306 e. The van der Waals surface area contributed by atoms with Crippen LogP contribution in [0.1, 0.15) is 296 Å². The summed E-state index contributed by atoms with van der Waals surface area (Å²) in [6.07, 6.45) is 60.8. The first kappa shape index (κ1) is 68.8. The quantitative estimate of drug-likeness (QED) is 0.0195. The molecule has 0 aromatic heterocycles. The molecule has 0 bridgehead atoms. The first-order valence-corrected chi connectivity index (χ1v) is 30.5. The number of aliphatic carboxylic acids is 1. The number of ether oxygens (including phenoxy) is 4. The van der Waals surface area contributed by atoms with E-state index < -0.39 is 24.3 Å². The molecule has 9 heteroatoms. The van der Waals surface area contributed by atoms with Crippen molar-refractivity contribution in [1.29, 1.82) is 0 Å². The molecule has 0 spiro atoms. The highest BCUT2D eigenvalue weighted by Gasteiger charge is 2.22. The smallest absolute Gasteiger partial charge is 0.306 e. The van der Waals surface area contributed by atoms with Crippen molar-refractivity contribution in [3.8, 4) is 0 Å². The molecule has 0 heterocycles. The monoisotopic (exact) mass is 1000 g/mol. The Hall–Kier alpha value is -2.23. The lowest BCUT2D eigenvalue weighted by molar-refractivity contribution is -0.870. The highest BCUT2D eigenvalue weighted by Crippen LogP contribution is 2.17. The maximum atomic E-state index is 12.9. The lowest BCUT2D eigenvalue weighted by atomic mass is 10.0. The van der Waals surface area contributed by atoms with Crippen molar-refractivity contribution in [2.45, 2.75) is 309 Å². The molecule has 0 saturated carbocycles. The summed E-state index contributed by atoms with van der Waals surface area (Å²) in [4.78, 5) is 37.3. The summed E-state index contributed by atoms with van der Waals surface area (Å²) >= 11 is 0. The van der Waals surface area contributed by atoms with Crippen LogP contribution in [0.4, 0.5) is 0 Å². The third-order valence-corrected chi connectivity index (χ3v) is 13.7. The number of unbranched alkanes of at least 4 members (excludes halogenated alkanes) is 38. The van der Waals surface area contributed by atoms with E-state index in [1.54, 1.807) is 0 Å². The summed E-state index contributed by atoms with van der Waals surface area (Å²) in [6, 6.07) is 0. The second-order valence-corrected chi connectivity index (χ2v) is 22.0. The highest BCUT2D eigenvalue weighted by atomic mass is 16.7. The van der Waals surface area contributed by atoms with Crippen LogP contribution in [-0.4, -0.2) is 82.3 Å². The number of carboxylic acids is 1. The van der Waals surface area contributed by atoms with E-state index in [-0.39, 0.29) is 32.2 Å². The zero-order chi connectivity index (χ0) is 52.0. The van der Waals surface area contributed by atoms with Gasteiger partial charge in [-0.05, 0) is 44.9 Å². The van der Waals surface area contributed by atoms with Crippen molar-refractivity contribution in [3.05, 3.63) is 24.3 Å². The van der Waals surface area contributed by atoms with Gasteiger partial charge in [-0.15, -0.1) is 0 Å². The van der Waals surface area contributed by atoms with Gasteiger partial charge in [0.15, 0.2) is 12.4 Å². The SMILES string of the molecule is CCCCCCC/C=C\C/C=C\CCCCCCCCCCCCCCCC(=O)OC(COC(=O)CCCCCCCCCCCCCCCCCCCCCCC)COC(OCC[N+](C)(C)C)C(=O)[O-]. The van der Waals surface area contributed by atoms with E-state index in [2.05, 4.69) is 38.2 Å². The van der Waals surface area contributed by atoms with Gasteiger partial charge in [0.25, 0.3) is 0 Å². The van der Waals surface area contributed by atoms with Gasteiger partial charge >= 0.3 is 11.9 Å². The molecule has 0 aliphatic heterocycles. The molecule has 71 heavy (non-hydrogen) atoms. The van der Waals surface area contributed by atoms with E-state index >= 15 is 0 Å². The van der Waals surface area contributed by atoms with Crippen LogP contribution in [0, 0.1) is 0 Å². The maximum absolute atomic E-state index is 12.9. The second-order valence-electron chi connectivity index (χ2n) is 22.0. The third-order valence-electron chi connectivity index (χ3n) is 13.7. The van der Waals surface area contributed by atoms with E-state index in [1.807, 2.05) is 21.1 Å². The van der Waals surface area contributed by atoms with Gasteiger partial charge in [-0.1, -0.05) is 263 Å². The fourth-order valence-electron chi connectivity index (χ4n) is 8.98. The van der Waals surface area contributed by atoms with Crippen molar-refractivity contribution >= 4 is 17.9 Å². The minimum Gasteiger partial charge on any atom is -0.545 e. The van der Waals surface area contributed by atoms with Crippen LogP contribution in [0.3, 0.4) is 0 Å². The van der Waals surface area contributed by atoms with Gasteiger partial charge in [-0.25, -0.2) is 0 Å². The number of allylic oxidation sites excluding steroid dienone is 4. The molecule has 0 aliphatic carbocycles. The summed E-state index contributed by atoms with van der Waals surface area (Å²) in [5, 5.41) is 11.8. The van der Waals surface area contributed by atoms with Gasteiger partial charge in [0.1, 0.15) is 13.2 Å². The van der Waals surface area contributed by atoms with Crippen LogP contribution in [-0.2, 0) is 33.3 Å². The Morgan fingerprint density at radius 2 is 0.761 bits per heavy atom. The molecule has 2 atom stereocenters. The molecule has 0 amide bonds. The van der Waals surface area contributed by atoms with E-state index in [9.17, 15) is 19.5 Å². The molecule has 0 rings (SSSR count). The van der Waals surface area contributed by atoms with Crippen LogP contribution >= 0.6 is 0 Å². The number of nitrogens with zero attached hydrogens (tertiary/aromatic N) is 1. The molecule has 0 aromatic rings. The fourth-order valence-corrected chi connectivity index (χ4v) is 8.98. The minimum absolute atomic E-state index is 0.150. The zero-order valence-electron chi connectivity index (χ0n) is 47.6. The molecule has 9 nitrogen and oxygen atoms in total. The number of carboxylic acid groups (broad SMARTS) is 1. The number of rotatable bonds is 57. The number of carbonyl (C=O) groups is 3. The minimum atomic E-state index is -1.62. The Kier molecular flexibility index (Phi) is 52.3. The van der Waals surface area contributed by atoms with Crippen LogP contribution in [0.15, 0.2) is 24.3 Å². The molecule has 0 saturated heterocycles. The third kappa shape index (κ3) is 55.4. The van der Waals surface area contributed by atoms with E-state index in [0.717, 1.165) is 38.5 Å². The lowest BCUT2D eigenvalue weighted by Gasteiger charge is -2.26. The van der Waals surface area contributed by atoms with Crippen LogP contribution < -0.4 is 5.11 Å². The number of hydrogen-bond donors (Lipinski definition) is 0. The second kappa shape index (κ2) is 54.0. The van der Waals surface area contributed by atoms with Gasteiger partial charge < -0.3 is 33.3 Å². The molecule has 2 unspecified atom stereocenters. The Bertz CT molecular complexity index is 1210. The first-order valence-electron chi connectivity index (χ1n) is 30.5. The molecule has 0 aromatic carbocycles. The predicted octanol–water partition coefficient (Wildman–Crippen LogP) is 16.6. The summed E-state index contributed by atoms with van der Waals surface area (Å²) in [5.41, 5.74) is 0. The number of quaternary nitrogens is 1. The molecular formula is C62H117NO8. The van der Waals surface area contributed by atoms with Crippen molar-refractivity contribution in [2.24, 2.45) is 0 Å². The molecular weight excluding hydrogens is 887 g/mol. The number of hydrogen-bond acceptors (Lipinski definition) is 8. The van der Waals surface area contributed by atoms with Gasteiger partial charge in [0, 0.05) is 12.8 Å². The van der Waals surface area contributed by atoms with Gasteiger partial charge in [-0.2, -0.15) is 0 Å². The van der Waals surface area contributed by atoms with Gasteiger partial charge in [0.05, 0.1) is 40.3 Å². The molecule has 418 valence electrons. The number of esters is 2. The Morgan fingerprint density at radius 1 is 0.423 bits per heavy atom. The summed E-state index contributed by atoms with van der Waals surface area (Å²) in [5.74, 6) is -2.26. The van der Waals surface area contributed by atoms with E-state index in [0.29, 0.717) is 23.9 Å². The Morgan fingerprint density at radius 3 is 1.11 bits per heavy atom. The van der Waals surface area contributed by atoms with Crippen LogP contribution in [0.2, 0.25) is 0 Å². The lowest BCUT2D eigenvalue weighted by Crippen LogP contribution is -2.44. The zero-order valence-corrected chi connectivity index (χ0v) is 47.6. The Labute approximate surface area is 439 Å². The van der Waals surface area contributed by atoms with E-state index in [4.69, 9.17) is 18.9 Å². The molecule has 0 aliphatic rings. The number of carbonyl (C=O) groups excluding carboxylic acids is 3. The summed E-state index contributed by atoms with van der Waals surface area (Å²) in [6.45, 7) is 4.79. The largest absolute Gasteiger partial charge is 0.545 e. The van der Waals surface area contributed by atoms with Gasteiger partial charge in [-0.3, -0.25) is 9.59 Å². The highest BCUT2D eigenvalue weighted by molar-refractivity contribution is 5.70. The van der Waals surface area contributed by atoms with Gasteiger partial charge in [0.2, 0.25) is 0 Å². The standard InChI is InChI=1S/C62H117NO8/c1-6-8-10-12-14-16-18-20-22-24-26-28-29-30-31-33-35-37-39-41-43-45-47-49-51-53-60(65)71-58(57-70-62(61(66)67)68-55-54-63(3,4)5)56-69-59(64)52-50-48-46-44-42-40-38-36-34-32-27-25-23-21-19-17-15-13-11-9-7-2/h18,20,24,26,58,62H,6-17,19,21-23,25,27-57H2,1-5H3/b20-18-,26-24-. The van der Waals surface area contributed by atoms with Crippen molar-refractivity contribution in [2.75, 3.05) is 47.5 Å². The molecule has 0 N–H and O–H groups in total. The summed E-state index contributed by atoms with van der Waals surface area (Å²) in [7, 11) is 5.93. The average molecular weight is 1000 g/mol. The van der Waals surface area contributed by atoms with E-state index in [1.165, 1.54) is 225 Å². The average Bonchev–Trinajstić information content (AvgIpc) is 3.34. The molecule has 0 fully saturated rings. The van der Waals surface area contributed by atoms with Crippen LogP contribution in [0.5, 0.6) is 0 Å². The first-order chi connectivity index (χ1) is 34.6. The van der Waals surface area contributed by atoms with Crippen molar-refractivity contribution in [3.63, 3.8) is 0 Å². The number of likely N-dealkylation sites (N-methyl/N-ethyl adjacent to an activating group) is 1. The molecule has 0 radical (unpaired) electrons. The van der Waals surface area contributed by atoms with Crippen molar-refractivity contribution < 1.29 is 42.9 Å². The van der Waals surface area contributed by atoms with Crippen molar-refractivity contribution in [1.82, 2.24) is 0 Å².